The van der Waals surface area contributed by atoms with E-state index in [1.165, 1.54) is 62.1 Å². The minimum atomic E-state index is -0.125. The maximum atomic E-state index is 10.0. The van der Waals surface area contributed by atoms with Crippen LogP contribution in [0.4, 0.5) is 22.7 Å². The van der Waals surface area contributed by atoms with Crippen molar-refractivity contribution < 1.29 is 52.8 Å². The molecule has 0 bridgehead atoms. The first-order chi connectivity index (χ1) is 26.0. The fourth-order valence-corrected chi connectivity index (χ4v) is 6.66. The van der Waals surface area contributed by atoms with E-state index in [1.54, 1.807) is 0 Å². The first-order valence-corrected chi connectivity index (χ1v) is 18.7. The number of aliphatic hydroxyl groups excluding tert-OH is 2. The molecule has 318 valence electrons. The van der Waals surface area contributed by atoms with E-state index in [2.05, 4.69) is 132 Å². The standard InChI is InChI=1S/C38H44N4.2C5H8O2.2Ni/c1-21-13-25(5)33(26(6)14-21)39-37(40-34-27(7)15-22(2)16-28(34)8)38(41-35-29(9)17-23(3)18-30(35)10)42-36-31(11)19-24(4)20-32(36)12;2*1-4(6)3-5(2)7;;/h13-20H,1-12H3;2*3,6H,1-2H3;;/q-2;;;;/b;2*4-3-;;. The number of aryl methyl sites for hydroxylation is 12. The molecule has 4 aromatic rings. The van der Waals surface area contributed by atoms with Crippen molar-refractivity contribution in [3.8, 4) is 0 Å². The van der Waals surface area contributed by atoms with Gasteiger partial charge < -0.3 is 30.8 Å². The number of aliphatic hydroxyl groups is 2. The summed E-state index contributed by atoms with van der Waals surface area (Å²) < 4.78 is 0. The van der Waals surface area contributed by atoms with Gasteiger partial charge in [-0.25, -0.2) is 0 Å². The zero-order chi connectivity index (χ0) is 42.6. The average Bonchev–Trinajstić information content (AvgIpc) is 3.01. The Bertz CT molecular complexity index is 1980. The first-order valence-electron chi connectivity index (χ1n) is 18.7. The number of ketones is 2. The zero-order valence-corrected chi connectivity index (χ0v) is 38.9. The summed E-state index contributed by atoms with van der Waals surface area (Å²) >= 11 is 0. The summed E-state index contributed by atoms with van der Waals surface area (Å²) in [5.41, 5.74) is 17.2. The monoisotopic (exact) mass is 872 g/mol. The van der Waals surface area contributed by atoms with Gasteiger partial charge in [-0.15, -0.1) is 0 Å². The topological polar surface area (TPSA) is 128 Å². The molecule has 0 unspecified atom stereocenters. The quantitative estimate of drug-likeness (QED) is 0.0657. The second kappa shape index (κ2) is 24.2. The second-order valence-electron chi connectivity index (χ2n) is 14.9. The van der Waals surface area contributed by atoms with E-state index in [9.17, 15) is 9.59 Å². The van der Waals surface area contributed by atoms with E-state index in [0.29, 0.717) is 11.7 Å². The molecule has 0 spiro atoms. The number of allylic oxidation sites excluding steroid dienone is 4. The number of carbonyl (C=O) groups is 2. The van der Waals surface area contributed by atoms with Crippen molar-refractivity contribution in [2.24, 2.45) is 9.98 Å². The Morgan fingerprint density at radius 1 is 0.431 bits per heavy atom. The summed E-state index contributed by atoms with van der Waals surface area (Å²) in [5, 5.41) is 27.3. The number of hydrogen-bond donors (Lipinski definition) is 2. The minimum absolute atomic E-state index is 0. The SMILES string of the molecule is CC(=O)/C=C(/C)O.CC(=O)/C=C(/C)O.Cc1cc(C)c(N=C([N-]c2c(C)cc(C)cc2C)C(=Nc2c(C)cc(C)cc2C)[N-]c2c(C)cc(C)cc2C)c(C)c1.[Ni].[Ni]. The van der Waals surface area contributed by atoms with Crippen LogP contribution in [0, 0.1) is 83.1 Å². The van der Waals surface area contributed by atoms with Crippen molar-refractivity contribution in [1.29, 1.82) is 0 Å². The molecule has 0 aliphatic rings. The summed E-state index contributed by atoms with van der Waals surface area (Å²) in [6, 6.07) is 17.4. The van der Waals surface area contributed by atoms with Gasteiger partial charge in [-0.1, -0.05) is 82.5 Å². The van der Waals surface area contributed by atoms with Crippen LogP contribution >= 0.6 is 0 Å². The van der Waals surface area contributed by atoms with Crippen LogP contribution in [0.5, 0.6) is 0 Å². The molecule has 10 heteroatoms. The van der Waals surface area contributed by atoms with Crippen LogP contribution in [0.2, 0.25) is 0 Å². The largest absolute Gasteiger partial charge is 0.512 e. The molecule has 0 aromatic heterocycles. The summed E-state index contributed by atoms with van der Waals surface area (Å²) in [5.74, 6) is 0.873. The number of carbonyl (C=O) groups excluding carboxylic acids is 2. The Labute approximate surface area is 367 Å². The number of amidine groups is 2. The number of aliphatic imine (C=N–C) groups is 2. The van der Waals surface area contributed by atoms with Crippen LogP contribution in [0.25, 0.3) is 10.6 Å². The summed E-state index contributed by atoms with van der Waals surface area (Å²) in [7, 11) is 0. The summed E-state index contributed by atoms with van der Waals surface area (Å²) in [6.45, 7) is 31.0. The Hall–Kier alpha value is -4.77. The number of benzene rings is 4. The molecule has 0 radical (unpaired) electrons. The Morgan fingerprint density at radius 3 is 0.810 bits per heavy atom. The fourth-order valence-electron chi connectivity index (χ4n) is 6.66. The number of nitrogens with zero attached hydrogens (tertiary/aromatic N) is 4. The normalized spacial score (nSPS) is 11.5. The molecular formula is C48H60N4Ni2O4-2. The van der Waals surface area contributed by atoms with Crippen LogP contribution in [-0.4, -0.2) is 33.5 Å². The van der Waals surface area contributed by atoms with Gasteiger partial charge in [0.15, 0.2) is 11.6 Å². The predicted molar refractivity (Wildman–Crippen MR) is 237 cm³/mol. The van der Waals surface area contributed by atoms with Gasteiger partial charge in [-0.05, 0) is 178 Å². The second-order valence-corrected chi connectivity index (χ2v) is 14.9. The maximum Gasteiger partial charge on any atom is 0.155 e. The van der Waals surface area contributed by atoms with Gasteiger partial charge in [0.25, 0.3) is 0 Å². The zero-order valence-electron chi connectivity index (χ0n) is 36.9. The third-order valence-electron chi connectivity index (χ3n) is 8.44. The summed E-state index contributed by atoms with van der Waals surface area (Å²) in [6.07, 6.45) is 2.33. The fraction of sp³-hybridized carbons (Fsp3) is 0.333. The van der Waals surface area contributed by atoms with Gasteiger partial charge in [-0.3, -0.25) is 9.59 Å². The molecule has 0 aliphatic carbocycles. The van der Waals surface area contributed by atoms with E-state index in [0.717, 1.165) is 67.3 Å². The summed E-state index contributed by atoms with van der Waals surface area (Å²) in [4.78, 5) is 30.6. The molecule has 4 rings (SSSR count). The molecule has 0 saturated heterocycles. The van der Waals surface area contributed by atoms with Crippen LogP contribution < -0.4 is 0 Å². The van der Waals surface area contributed by atoms with E-state index >= 15 is 0 Å². The van der Waals surface area contributed by atoms with Gasteiger partial charge in [0.2, 0.25) is 0 Å². The molecule has 0 heterocycles. The van der Waals surface area contributed by atoms with Crippen LogP contribution in [-0.2, 0) is 42.6 Å². The van der Waals surface area contributed by atoms with Gasteiger partial charge in [-0.2, -0.15) is 0 Å². The minimum Gasteiger partial charge on any atom is -0.512 e. The molecular weight excluding hydrogens is 814 g/mol. The third-order valence-corrected chi connectivity index (χ3v) is 8.44. The van der Waals surface area contributed by atoms with Crippen molar-refractivity contribution in [2.45, 2.75) is 111 Å². The van der Waals surface area contributed by atoms with E-state index < -0.39 is 0 Å². The van der Waals surface area contributed by atoms with E-state index in [-0.39, 0.29) is 56.1 Å². The Kier molecular flexibility index (Phi) is 22.2. The first kappa shape index (κ1) is 53.2. The molecule has 0 atom stereocenters. The molecule has 8 nitrogen and oxygen atoms in total. The predicted octanol–water partition coefficient (Wildman–Crippen LogP) is 13.6. The van der Waals surface area contributed by atoms with E-state index in [4.69, 9.17) is 30.8 Å². The molecule has 2 N–H and O–H groups in total. The molecule has 58 heavy (non-hydrogen) atoms. The van der Waals surface area contributed by atoms with Crippen molar-refractivity contribution in [2.75, 3.05) is 0 Å². The number of hydrogen-bond acceptors (Lipinski definition) is 6. The van der Waals surface area contributed by atoms with Crippen molar-refractivity contribution in [1.82, 2.24) is 0 Å². The van der Waals surface area contributed by atoms with Crippen LogP contribution in [0.15, 0.2) is 82.2 Å². The van der Waals surface area contributed by atoms with Gasteiger partial charge in [0, 0.05) is 45.1 Å². The molecule has 0 fully saturated rings. The van der Waals surface area contributed by atoms with Crippen molar-refractivity contribution in [3.63, 3.8) is 0 Å². The number of rotatable bonds is 6. The molecule has 0 saturated carbocycles. The third kappa shape index (κ3) is 17.0. The van der Waals surface area contributed by atoms with Gasteiger partial charge >= 0.3 is 0 Å². The maximum absolute atomic E-state index is 10.0. The Balaban J connectivity index is 0.00000174. The molecule has 0 aliphatic heterocycles. The van der Waals surface area contributed by atoms with Gasteiger partial charge in [0.05, 0.1) is 11.5 Å². The van der Waals surface area contributed by atoms with Crippen LogP contribution in [0.1, 0.15) is 94.5 Å². The smallest absolute Gasteiger partial charge is 0.155 e. The van der Waals surface area contributed by atoms with Crippen molar-refractivity contribution >= 4 is 46.0 Å². The molecule has 4 aromatic carbocycles. The Morgan fingerprint density at radius 2 is 0.638 bits per heavy atom. The average molecular weight is 874 g/mol. The van der Waals surface area contributed by atoms with Crippen LogP contribution in [0.3, 0.4) is 0 Å². The van der Waals surface area contributed by atoms with E-state index in [1.807, 2.05) is 0 Å². The molecule has 0 amide bonds. The van der Waals surface area contributed by atoms with Crippen molar-refractivity contribution in [3.05, 3.63) is 150 Å². The van der Waals surface area contributed by atoms with Gasteiger partial charge in [0.1, 0.15) is 0 Å².